The van der Waals surface area contributed by atoms with Crippen molar-refractivity contribution in [2.75, 3.05) is 32.4 Å². The largest absolute Gasteiger partial charge is 0.342 e. The Morgan fingerprint density at radius 2 is 2.00 bits per heavy atom. The summed E-state index contributed by atoms with van der Waals surface area (Å²) in [4.78, 5) is 14.7. The SMILES string of the molecule is CS(=O)(=O)N1CC[C@]2(CCCN(CC3CC3)C2=O)C1. The Bertz CT molecular complexity index is 486. The van der Waals surface area contributed by atoms with E-state index in [1.807, 2.05) is 4.90 Å². The molecular formula is C13H22N2O3S. The van der Waals surface area contributed by atoms with Gasteiger partial charge in [0.05, 0.1) is 11.7 Å². The summed E-state index contributed by atoms with van der Waals surface area (Å²) in [6.07, 6.45) is 6.27. The first-order chi connectivity index (χ1) is 8.91. The van der Waals surface area contributed by atoms with Crippen LogP contribution >= 0.6 is 0 Å². The molecule has 1 aliphatic carbocycles. The summed E-state index contributed by atoms with van der Waals surface area (Å²) in [5.41, 5.74) is -0.420. The maximum Gasteiger partial charge on any atom is 0.230 e. The third-order valence-corrected chi connectivity index (χ3v) is 6.04. The summed E-state index contributed by atoms with van der Waals surface area (Å²) in [5.74, 6) is 0.906. The first-order valence-corrected chi connectivity index (χ1v) is 9.00. The molecule has 0 bridgehead atoms. The Hall–Kier alpha value is -0.620. The molecule has 6 heteroatoms. The lowest BCUT2D eigenvalue weighted by Gasteiger charge is -2.39. The van der Waals surface area contributed by atoms with Crippen LogP contribution in [0, 0.1) is 11.3 Å². The molecule has 0 unspecified atom stereocenters. The third kappa shape index (κ3) is 2.52. The first-order valence-electron chi connectivity index (χ1n) is 7.15. The maximum absolute atomic E-state index is 12.7. The van der Waals surface area contributed by atoms with Gasteiger partial charge in [-0.15, -0.1) is 0 Å². The molecule has 1 saturated carbocycles. The number of hydrogen-bond acceptors (Lipinski definition) is 3. The van der Waals surface area contributed by atoms with Crippen LogP contribution in [-0.2, 0) is 14.8 Å². The minimum Gasteiger partial charge on any atom is -0.342 e. The van der Waals surface area contributed by atoms with Crippen molar-refractivity contribution in [3.63, 3.8) is 0 Å². The second-order valence-electron chi connectivity index (χ2n) is 6.42. The van der Waals surface area contributed by atoms with Gasteiger partial charge in [-0.1, -0.05) is 0 Å². The Morgan fingerprint density at radius 1 is 1.26 bits per heavy atom. The highest BCUT2D eigenvalue weighted by Crippen LogP contribution is 2.42. The van der Waals surface area contributed by atoms with Gasteiger partial charge in [0.1, 0.15) is 0 Å². The number of carbonyl (C=O) groups excluding carboxylic acids is 1. The topological polar surface area (TPSA) is 57.7 Å². The van der Waals surface area contributed by atoms with E-state index in [0.717, 1.165) is 25.9 Å². The Labute approximate surface area is 115 Å². The van der Waals surface area contributed by atoms with E-state index in [4.69, 9.17) is 0 Å². The molecule has 0 aromatic carbocycles. The fourth-order valence-electron chi connectivity index (χ4n) is 3.43. The minimum absolute atomic E-state index is 0.205. The van der Waals surface area contributed by atoms with Crippen LogP contribution in [0.1, 0.15) is 32.1 Å². The molecular weight excluding hydrogens is 264 g/mol. The lowest BCUT2D eigenvalue weighted by molar-refractivity contribution is -0.145. The number of hydrogen-bond donors (Lipinski definition) is 0. The van der Waals surface area contributed by atoms with Gasteiger partial charge in [-0.25, -0.2) is 12.7 Å². The normalized spacial score (nSPS) is 33.3. The summed E-state index contributed by atoms with van der Waals surface area (Å²) in [6, 6.07) is 0. The predicted octanol–water partition coefficient (Wildman–Crippen LogP) is 0.671. The molecule has 1 atom stereocenters. The van der Waals surface area contributed by atoms with Crippen molar-refractivity contribution in [1.82, 2.24) is 9.21 Å². The molecule has 2 saturated heterocycles. The van der Waals surface area contributed by atoms with Crippen LogP contribution in [-0.4, -0.2) is 56.0 Å². The van der Waals surface area contributed by atoms with E-state index in [-0.39, 0.29) is 5.91 Å². The maximum atomic E-state index is 12.7. The molecule has 0 aromatic heterocycles. The molecule has 3 aliphatic rings. The van der Waals surface area contributed by atoms with Gasteiger partial charge in [0.15, 0.2) is 0 Å². The van der Waals surface area contributed by atoms with Crippen LogP contribution in [0.5, 0.6) is 0 Å². The van der Waals surface area contributed by atoms with Gasteiger partial charge in [0, 0.05) is 26.2 Å². The van der Waals surface area contributed by atoms with Crippen molar-refractivity contribution in [1.29, 1.82) is 0 Å². The van der Waals surface area contributed by atoms with E-state index < -0.39 is 15.4 Å². The van der Waals surface area contributed by atoms with E-state index in [0.29, 0.717) is 25.4 Å². The van der Waals surface area contributed by atoms with Crippen LogP contribution in [0.4, 0.5) is 0 Å². The highest BCUT2D eigenvalue weighted by Gasteiger charge is 2.50. The van der Waals surface area contributed by atoms with Gasteiger partial charge in [0.2, 0.25) is 15.9 Å². The van der Waals surface area contributed by atoms with Crippen LogP contribution in [0.25, 0.3) is 0 Å². The van der Waals surface area contributed by atoms with E-state index in [9.17, 15) is 13.2 Å². The zero-order valence-electron chi connectivity index (χ0n) is 11.5. The first kappa shape index (κ1) is 13.4. The Balaban J connectivity index is 1.74. The molecule has 0 radical (unpaired) electrons. The van der Waals surface area contributed by atoms with Gasteiger partial charge in [-0.05, 0) is 38.0 Å². The monoisotopic (exact) mass is 286 g/mol. The van der Waals surface area contributed by atoms with Crippen molar-refractivity contribution in [2.45, 2.75) is 32.1 Å². The van der Waals surface area contributed by atoms with Gasteiger partial charge in [-0.2, -0.15) is 0 Å². The molecule has 1 amide bonds. The molecule has 3 rings (SSSR count). The smallest absolute Gasteiger partial charge is 0.230 e. The Kier molecular flexibility index (Phi) is 3.13. The number of rotatable bonds is 3. The van der Waals surface area contributed by atoms with Crippen molar-refractivity contribution in [3.8, 4) is 0 Å². The van der Waals surface area contributed by atoms with Gasteiger partial charge in [-0.3, -0.25) is 4.79 Å². The molecule has 0 aromatic rings. The molecule has 0 N–H and O–H groups in total. The lowest BCUT2D eigenvalue weighted by Crippen LogP contribution is -2.50. The van der Waals surface area contributed by atoms with Crippen molar-refractivity contribution in [3.05, 3.63) is 0 Å². The van der Waals surface area contributed by atoms with Gasteiger partial charge < -0.3 is 4.90 Å². The summed E-state index contributed by atoms with van der Waals surface area (Å²) in [6.45, 7) is 2.64. The number of likely N-dealkylation sites (tertiary alicyclic amines) is 1. The van der Waals surface area contributed by atoms with Crippen LogP contribution in [0.2, 0.25) is 0 Å². The van der Waals surface area contributed by atoms with E-state index in [1.165, 1.54) is 23.4 Å². The van der Waals surface area contributed by atoms with Crippen molar-refractivity contribution in [2.24, 2.45) is 11.3 Å². The zero-order valence-corrected chi connectivity index (χ0v) is 12.3. The quantitative estimate of drug-likeness (QED) is 0.766. The van der Waals surface area contributed by atoms with Crippen LogP contribution in [0.15, 0.2) is 0 Å². The summed E-state index contributed by atoms with van der Waals surface area (Å²) >= 11 is 0. The number of sulfonamides is 1. The fourth-order valence-corrected chi connectivity index (χ4v) is 4.34. The third-order valence-electron chi connectivity index (χ3n) is 4.79. The van der Waals surface area contributed by atoms with Gasteiger partial charge in [0.25, 0.3) is 0 Å². The molecule has 2 aliphatic heterocycles. The second-order valence-corrected chi connectivity index (χ2v) is 8.41. The summed E-state index contributed by atoms with van der Waals surface area (Å²) in [7, 11) is -3.17. The number of nitrogens with zero attached hydrogens (tertiary/aromatic N) is 2. The second kappa shape index (κ2) is 4.45. The molecule has 5 nitrogen and oxygen atoms in total. The number of carbonyl (C=O) groups is 1. The van der Waals surface area contributed by atoms with E-state index >= 15 is 0 Å². The Morgan fingerprint density at radius 3 is 2.58 bits per heavy atom. The molecule has 108 valence electrons. The molecule has 3 fully saturated rings. The van der Waals surface area contributed by atoms with Crippen molar-refractivity contribution >= 4 is 15.9 Å². The predicted molar refractivity (Wildman–Crippen MR) is 72.0 cm³/mol. The standard InChI is InChI=1S/C13H22N2O3S/c1-19(17,18)15-8-6-13(10-15)5-2-7-14(12(13)16)9-11-3-4-11/h11H,2-10H2,1H3/t13-/m1/s1. The van der Waals surface area contributed by atoms with Crippen LogP contribution < -0.4 is 0 Å². The molecule has 1 spiro atoms. The van der Waals surface area contributed by atoms with Gasteiger partial charge >= 0.3 is 0 Å². The zero-order chi connectivity index (χ0) is 13.7. The van der Waals surface area contributed by atoms with E-state index in [1.54, 1.807) is 0 Å². The molecule has 2 heterocycles. The average molecular weight is 286 g/mol. The lowest BCUT2D eigenvalue weighted by atomic mass is 9.78. The average Bonchev–Trinajstić information content (AvgIpc) is 3.02. The highest BCUT2D eigenvalue weighted by atomic mass is 32.2. The van der Waals surface area contributed by atoms with E-state index in [2.05, 4.69) is 0 Å². The molecule has 19 heavy (non-hydrogen) atoms. The highest BCUT2D eigenvalue weighted by molar-refractivity contribution is 7.88. The number of amides is 1. The summed E-state index contributed by atoms with van der Waals surface area (Å²) < 4.78 is 24.8. The minimum atomic E-state index is -3.17. The van der Waals surface area contributed by atoms with Crippen molar-refractivity contribution < 1.29 is 13.2 Å². The summed E-state index contributed by atoms with van der Waals surface area (Å²) in [5, 5.41) is 0. The fraction of sp³-hybridized carbons (Fsp3) is 0.923. The van der Waals surface area contributed by atoms with Crippen LogP contribution in [0.3, 0.4) is 0 Å². The number of piperidine rings is 1.